The summed E-state index contributed by atoms with van der Waals surface area (Å²) in [5, 5.41) is 18.0. The lowest BCUT2D eigenvalue weighted by Crippen LogP contribution is -2.41. The molecule has 1 atom stereocenters. The lowest BCUT2D eigenvalue weighted by atomic mass is 9.98. The fraction of sp³-hybridized carbons (Fsp3) is 0.280. The molecular formula is C25H25N3O6. The Labute approximate surface area is 196 Å². The fourth-order valence-electron chi connectivity index (χ4n) is 4.16. The van der Waals surface area contributed by atoms with Gasteiger partial charge in [-0.05, 0) is 28.7 Å². The highest BCUT2D eigenvalue weighted by Gasteiger charge is 2.29. The summed E-state index contributed by atoms with van der Waals surface area (Å²) < 4.78 is 10.3. The minimum absolute atomic E-state index is 0.0568. The lowest BCUT2D eigenvalue weighted by Gasteiger charge is -2.15. The minimum atomic E-state index is -1.12. The SMILES string of the molecule is CCC[C@H](NC(=O)c1conc1CNC(=O)OCC1c2ccccc2-c2ccccc21)C(=O)O. The number of hydrogen-bond acceptors (Lipinski definition) is 6. The monoisotopic (exact) mass is 463 g/mol. The molecule has 1 aromatic heterocycles. The van der Waals surface area contributed by atoms with Gasteiger partial charge >= 0.3 is 12.1 Å². The molecule has 34 heavy (non-hydrogen) atoms. The van der Waals surface area contributed by atoms with Gasteiger partial charge in [-0.25, -0.2) is 9.59 Å². The summed E-state index contributed by atoms with van der Waals surface area (Å²) in [5.41, 5.74) is 4.70. The zero-order chi connectivity index (χ0) is 24.1. The number of nitrogens with zero attached hydrogens (tertiary/aromatic N) is 1. The highest BCUT2D eigenvalue weighted by atomic mass is 16.5. The Balaban J connectivity index is 1.35. The number of fused-ring (bicyclic) bond motifs is 3. The van der Waals surface area contributed by atoms with E-state index in [0.29, 0.717) is 12.8 Å². The highest BCUT2D eigenvalue weighted by molar-refractivity contribution is 5.97. The number of aromatic nitrogens is 1. The van der Waals surface area contributed by atoms with E-state index in [4.69, 9.17) is 9.26 Å². The number of carbonyl (C=O) groups excluding carboxylic acids is 2. The van der Waals surface area contributed by atoms with Crippen LogP contribution in [0.25, 0.3) is 11.1 Å². The van der Waals surface area contributed by atoms with Gasteiger partial charge in [-0.15, -0.1) is 0 Å². The molecule has 0 saturated carbocycles. The first-order chi connectivity index (χ1) is 16.5. The molecule has 1 aliphatic carbocycles. The van der Waals surface area contributed by atoms with Gasteiger partial charge in [-0.3, -0.25) is 4.79 Å². The lowest BCUT2D eigenvalue weighted by molar-refractivity contribution is -0.139. The molecule has 2 amide bonds. The number of hydrogen-bond donors (Lipinski definition) is 3. The van der Waals surface area contributed by atoms with Crippen LogP contribution in [0.4, 0.5) is 4.79 Å². The van der Waals surface area contributed by atoms with Crippen LogP contribution in [-0.4, -0.2) is 40.9 Å². The normalized spacial score (nSPS) is 13.0. The van der Waals surface area contributed by atoms with E-state index in [-0.39, 0.29) is 30.3 Å². The van der Waals surface area contributed by atoms with Gasteiger partial charge in [0.15, 0.2) is 0 Å². The number of benzene rings is 2. The van der Waals surface area contributed by atoms with Crippen LogP contribution in [0.2, 0.25) is 0 Å². The van der Waals surface area contributed by atoms with Gasteiger partial charge in [0, 0.05) is 5.92 Å². The van der Waals surface area contributed by atoms with Crippen LogP contribution in [0.5, 0.6) is 0 Å². The van der Waals surface area contributed by atoms with Gasteiger partial charge in [0.25, 0.3) is 5.91 Å². The number of carboxylic acid groups (broad SMARTS) is 1. The van der Waals surface area contributed by atoms with E-state index in [1.165, 1.54) is 0 Å². The molecule has 0 spiro atoms. The predicted octanol–water partition coefficient (Wildman–Crippen LogP) is 3.70. The number of rotatable bonds is 9. The molecule has 9 heteroatoms. The molecule has 0 bridgehead atoms. The first-order valence-electron chi connectivity index (χ1n) is 11.0. The van der Waals surface area contributed by atoms with E-state index in [9.17, 15) is 19.5 Å². The third-order valence-corrected chi connectivity index (χ3v) is 5.81. The molecule has 0 radical (unpaired) electrons. The third-order valence-electron chi connectivity index (χ3n) is 5.81. The van der Waals surface area contributed by atoms with Gasteiger partial charge in [0.1, 0.15) is 30.2 Å². The largest absolute Gasteiger partial charge is 0.480 e. The van der Waals surface area contributed by atoms with Crippen LogP contribution in [0.1, 0.15) is 52.9 Å². The number of amides is 2. The summed E-state index contributed by atoms with van der Waals surface area (Å²) in [6.07, 6.45) is 1.34. The molecule has 3 aromatic rings. The van der Waals surface area contributed by atoms with Crippen LogP contribution in [-0.2, 0) is 16.1 Å². The predicted molar refractivity (Wildman–Crippen MR) is 122 cm³/mol. The Bertz CT molecular complexity index is 1160. The summed E-state index contributed by atoms with van der Waals surface area (Å²) in [5.74, 6) is -1.82. The maximum Gasteiger partial charge on any atom is 0.407 e. The standard InChI is InChI=1S/C25H25N3O6/c1-2-7-21(24(30)31)27-23(29)20-14-34-28-22(20)12-26-25(32)33-13-19-17-10-5-3-8-15(17)16-9-4-6-11-18(16)19/h3-6,8-11,14,19,21H,2,7,12-13H2,1H3,(H,26,32)(H,27,29)(H,30,31)/t21-/m0/s1. The summed E-state index contributed by atoms with van der Waals surface area (Å²) in [7, 11) is 0. The van der Waals surface area contributed by atoms with Crippen LogP contribution in [0, 0.1) is 0 Å². The van der Waals surface area contributed by atoms with Gasteiger partial charge in [0.05, 0.1) is 6.54 Å². The molecule has 0 fully saturated rings. The van der Waals surface area contributed by atoms with Gasteiger partial charge in [0.2, 0.25) is 0 Å². The summed E-state index contributed by atoms with van der Waals surface area (Å²) in [6, 6.07) is 15.1. The van der Waals surface area contributed by atoms with Crippen LogP contribution in [0.15, 0.2) is 59.3 Å². The second kappa shape index (κ2) is 10.2. The van der Waals surface area contributed by atoms with Crippen molar-refractivity contribution in [2.24, 2.45) is 0 Å². The molecule has 176 valence electrons. The minimum Gasteiger partial charge on any atom is -0.480 e. The van der Waals surface area contributed by atoms with Crippen molar-refractivity contribution in [2.75, 3.05) is 6.61 Å². The maximum absolute atomic E-state index is 12.5. The zero-order valence-electron chi connectivity index (χ0n) is 18.6. The van der Waals surface area contributed by atoms with Crippen LogP contribution in [0.3, 0.4) is 0 Å². The maximum atomic E-state index is 12.5. The highest BCUT2D eigenvalue weighted by Crippen LogP contribution is 2.44. The van der Waals surface area contributed by atoms with Crippen molar-refractivity contribution in [1.29, 1.82) is 0 Å². The van der Waals surface area contributed by atoms with Gasteiger partial charge in [-0.2, -0.15) is 0 Å². The smallest absolute Gasteiger partial charge is 0.407 e. The molecule has 0 aliphatic heterocycles. The van der Waals surface area contributed by atoms with Crippen molar-refractivity contribution in [3.8, 4) is 11.1 Å². The first kappa shape index (κ1) is 23.0. The van der Waals surface area contributed by atoms with Crippen molar-refractivity contribution in [2.45, 2.75) is 38.3 Å². The van der Waals surface area contributed by atoms with E-state index in [1.54, 1.807) is 0 Å². The van der Waals surface area contributed by atoms with Gasteiger partial charge in [-0.1, -0.05) is 67.0 Å². The fourth-order valence-corrected chi connectivity index (χ4v) is 4.16. The Morgan fingerprint density at radius 2 is 1.74 bits per heavy atom. The Morgan fingerprint density at radius 3 is 2.35 bits per heavy atom. The second-order valence-corrected chi connectivity index (χ2v) is 8.01. The number of nitrogens with one attached hydrogen (secondary N) is 2. The average Bonchev–Trinajstić information content (AvgIpc) is 3.44. The number of carboxylic acids is 1. The molecule has 3 N–H and O–H groups in total. The summed E-state index contributed by atoms with van der Waals surface area (Å²) in [4.78, 5) is 36.2. The molecule has 0 saturated heterocycles. The number of carbonyl (C=O) groups is 3. The molecule has 1 heterocycles. The molecule has 1 aliphatic rings. The van der Waals surface area contributed by atoms with Crippen LogP contribution < -0.4 is 10.6 Å². The number of ether oxygens (including phenoxy) is 1. The Morgan fingerprint density at radius 1 is 1.09 bits per heavy atom. The third kappa shape index (κ3) is 4.78. The Hall–Kier alpha value is -4.14. The van der Waals surface area contributed by atoms with E-state index in [2.05, 4.69) is 27.9 Å². The average molecular weight is 463 g/mol. The summed E-state index contributed by atoms with van der Waals surface area (Å²) in [6.45, 7) is 1.87. The van der Waals surface area contributed by atoms with Crippen molar-refractivity contribution in [1.82, 2.24) is 15.8 Å². The molecule has 9 nitrogen and oxygen atoms in total. The van der Waals surface area contributed by atoms with E-state index in [0.717, 1.165) is 28.5 Å². The molecular weight excluding hydrogens is 438 g/mol. The molecule has 4 rings (SSSR count). The second-order valence-electron chi connectivity index (χ2n) is 8.01. The van der Waals surface area contributed by atoms with Crippen molar-refractivity contribution in [3.05, 3.63) is 77.2 Å². The van der Waals surface area contributed by atoms with Crippen molar-refractivity contribution < 1.29 is 28.8 Å². The van der Waals surface area contributed by atoms with Crippen molar-refractivity contribution in [3.63, 3.8) is 0 Å². The van der Waals surface area contributed by atoms with Gasteiger partial charge < -0.3 is 25.0 Å². The topological polar surface area (TPSA) is 131 Å². The zero-order valence-corrected chi connectivity index (χ0v) is 18.6. The van der Waals surface area contributed by atoms with E-state index in [1.807, 2.05) is 43.3 Å². The summed E-state index contributed by atoms with van der Waals surface area (Å²) >= 11 is 0. The Kier molecular flexibility index (Phi) is 6.91. The molecule has 0 unspecified atom stereocenters. The quantitative estimate of drug-likeness (QED) is 0.441. The van der Waals surface area contributed by atoms with Crippen molar-refractivity contribution >= 4 is 18.0 Å². The molecule has 2 aromatic carbocycles. The number of aliphatic carboxylic acids is 1. The number of alkyl carbamates (subject to hydrolysis) is 1. The van der Waals surface area contributed by atoms with E-state index < -0.39 is 24.0 Å². The first-order valence-corrected chi connectivity index (χ1v) is 11.0. The van der Waals surface area contributed by atoms with E-state index >= 15 is 0 Å². The van der Waals surface area contributed by atoms with Crippen LogP contribution >= 0.6 is 0 Å².